The second kappa shape index (κ2) is 9.88. The number of carbonyl (C=O) groups is 2. The maximum Gasteiger partial charge on any atom is 0.338 e. The van der Waals surface area contributed by atoms with Gasteiger partial charge in [-0.05, 0) is 57.5 Å². The number of esters is 1. The first kappa shape index (κ1) is 22.0. The fourth-order valence-electron chi connectivity index (χ4n) is 2.74. The molecule has 0 bridgehead atoms. The number of ether oxygens (including phenoxy) is 1. The van der Waals surface area contributed by atoms with Gasteiger partial charge in [-0.3, -0.25) is 0 Å². The van der Waals surface area contributed by atoms with Crippen molar-refractivity contribution in [1.82, 2.24) is 20.8 Å². The van der Waals surface area contributed by atoms with E-state index in [0.29, 0.717) is 18.0 Å². The number of carbonyl (C=O) groups excluding carboxylic acids is 2. The minimum atomic E-state index is -0.694. The number of rotatable bonds is 7. The summed E-state index contributed by atoms with van der Waals surface area (Å²) in [6.45, 7) is 7.80. The highest BCUT2D eigenvalue weighted by Gasteiger charge is 2.20. The first-order valence-electron chi connectivity index (χ1n) is 10.1. The van der Waals surface area contributed by atoms with E-state index in [4.69, 9.17) is 9.15 Å². The second-order valence-corrected chi connectivity index (χ2v) is 7.54. The molecule has 2 N–H and O–H groups in total. The average Bonchev–Trinajstić information content (AvgIpc) is 3.23. The summed E-state index contributed by atoms with van der Waals surface area (Å²) < 4.78 is 11.1. The molecule has 0 aliphatic rings. The molecule has 2 aromatic carbocycles. The molecule has 8 nitrogen and oxygen atoms in total. The SMILES string of the molecule is Cc1ccc(-c2nnc(C(C)OC(=O)c3ccc(CNC(=O)NC(C)C)cc3)o2)cc1. The Morgan fingerprint density at radius 2 is 1.68 bits per heavy atom. The molecule has 0 fully saturated rings. The van der Waals surface area contributed by atoms with Gasteiger partial charge in [-0.1, -0.05) is 29.8 Å². The van der Waals surface area contributed by atoms with Crippen molar-refractivity contribution in [2.24, 2.45) is 0 Å². The van der Waals surface area contributed by atoms with E-state index in [2.05, 4.69) is 20.8 Å². The quantitative estimate of drug-likeness (QED) is 0.554. The molecule has 0 saturated heterocycles. The first-order valence-corrected chi connectivity index (χ1v) is 10.1. The van der Waals surface area contributed by atoms with Crippen molar-refractivity contribution in [3.8, 4) is 11.5 Å². The van der Waals surface area contributed by atoms with E-state index in [1.807, 2.05) is 45.0 Å². The molecule has 0 radical (unpaired) electrons. The zero-order chi connectivity index (χ0) is 22.4. The number of hydrogen-bond acceptors (Lipinski definition) is 6. The zero-order valence-corrected chi connectivity index (χ0v) is 18.0. The minimum Gasteiger partial charge on any atom is -0.449 e. The minimum absolute atomic E-state index is 0.0611. The van der Waals surface area contributed by atoms with Crippen LogP contribution in [0.2, 0.25) is 0 Å². The number of aryl methyl sites for hydroxylation is 1. The smallest absolute Gasteiger partial charge is 0.338 e. The molecule has 8 heteroatoms. The van der Waals surface area contributed by atoms with Gasteiger partial charge in [0.15, 0.2) is 6.10 Å². The third-order valence-corrected chi connectivity index (χ3v) is 4.43. The van der Waals surface area contributed by atoms with E-state index in [-0.39, 0.29) is 18.0 Å². The van der Waals surface area contributed by atoms with Gasteiger partial charge >= 0.3 is 12.0 Å². The van der Waals surface area contributed by atoms with E-state index >= 15 is 0 Å². The molecule has 1 aromatic heterocycles. The summed E-state index contributed by atoms with van der Waals surface area (Å²) in [5.41, 5.74) is 3.18. The summed E-state index contributed by atoms with van der Waals surface area (Å²) in [5, 5.41) is 13.5. The second-order valence-electron chi connectivity index (χ2n) is 7.54. The number of hydrogen-bond donors (Lipinski definition) is 2. The molecule has 0 spiro atoms. The van der Waals surface area contributed by atoms with Crippen LogP contribution < -0.4 is 10.6 Å². The zero-order valence-electron chi connectivity index (χ0n) is 18.0. The van der Waals surface area contributed by atoms with E-state index in [0.717, 1.165) is 16.7 Å². The monoisotopic (exact) mass is 422 g/mol. The predicted octanol–water partition coefficient (Wildman–Crippen LogP) is 4.17. The molecule has 0 aliphatic carbocycles. The molecule has 3 aromatic rings. The van der Waals surface area contributed by atoms with Crippen molar-refractivity contribution in [2.75, 3.05) is 0 Å². The number of aromatic nitrogens is 2. The first-order chi connectivity index (χ1) is 14.8. The Balaban J connectivity index is 1.56. The maximum absolute atomic E-state index is 12.4. The summed E-state index contributed by atoms with van der Waals surface area (Å²) in [7, 11) is 0. The third kappa shape index (κ3) is 6.15. The van der Waals surface area contributed by atoms with Gasteiger partial charge in [0.1, 0.15) is 0 Å². The van der Waals surface area contributed by atoms with Crippen molar-refractivity contribution in [3.63, 3.8) is 0 Å². The highest BCUT2D eigenvalue weighted by Crippen LogP contribution is 2.23. The number of amides is 2. The Morgan fingerprint density at radius 3 is 2.32 bits per heavy atom. The van der Waals surface area contributed by atoms with E-state index in [9.17, 15) is 9.59 Å². The van der Waals surface area contributed by atoms with Gasteiger partial charge in [0.25, 0.3) is 5.89 Å². The number of nitrogens with zero attached hydrogens (tertiary/aromatic N) is 2. The molecule has 0 saturated carbocycles. The van der Waals surface area contributed by atoms with Gasteiger partial charge in [-0.25, -0.2) is 9.59 Å². The van der Waals surface area contributed by atoms with Crippen molar-refractivity contribution >= 4 is 12.0 Å². The lowest BCUT2D eigenvalue weighted by Gasteiger charge is -2.11. The summed E-state index contributed by atoms with van der Waals surface area (Å²) in [5.74, 6) is 0.0943. The predicted molar refractivity (Wildman–Crippen MR) is 115 cm³/mol. The summed E-state index contributed by atoms with van der Waals surface area (Å²) in [6.07, 6.45) is -0.694. The topological polar surface area (TPSA) is 106 Å². The number of benzene rings is 2. The molecular weight excluding hydrogens is 396 g/mol. The van der Waals surface area contributed by atoms with Crippen LogP contribution in [-0.2, 0) is 11.3 Å². The Labute approximate surface area is 181 Å². The van der Waals surface area contributed by atoms with Crippen molar-refractivity contribution < 1.29 is 18.7 Å². The van der Waals surface area contributed by atoms with Gasteiger partial charge in [-0.15, -0.1) is 10.2 Å². The Morgan fingerprint density at radius 1 is 1.00 bits per heavy atom. The molecule has 162 valence electrons. The number of urea groups is 1. The van der Waals surface area contributed by atoms with Crippen LogP contribution in [-0.4, -0.2) is 28.2 Å². The summed E-state index contributed by atoms with van der Waals surface area (Å²) >= 11 is 0. The van der Waals surface area contributed by atoms with E-state index < -0.39 is 12.1 Å². The Kier molecular flexibility index (Phi) is 7.02. The molecule has 3 rings (SSSR count). The molecule has 1 unspecified atom stereocenters. The molecule has 2 amide bonds. The highest BCUT2D eigenvalue weighted by atomic mass is 16.6. The molecular formula is C23H26N4O4. The van der Waals surface area contributed by atoms with Gasteiger partial charge in [0.05, 0.1) is 5.56 Å². The summed E-state index contributed by atoms with van der Waals surface area (Å²) in [6, 6.07) is 14.4. The largest absolute Gasteiger partial charge is 0.449 e. The van der Waals surface area contributed by atoms with E-state index in [1.165, 1.54) is 0 Å². The van der Waals surface area contributed by atoms with Crippen LogP contribution in [0.5, 0.6) is 0 Å². The third-order valence-electron chi connectivity index (χ3n) is 4.43. The highest BCUT2D eigenvalue weighted by molar-refractivity contribution is 5.89. The molecule has 0 aliphatic heterocycles. The van der Waals surface area contributed by atoms with Gasteiger partial charge in [0.2, 0.25) is 5.89 Å². The standard InChI is InChI=1S/C23H26N4O4/c1-14(2)25-23(29)24-13-17-7-11-19(12-8-17)22(28)30-16(4)20-26-27-21(31-20)18-9-5-15(3)6-10-18/h5-12,14,16H,13H2,1-4H3,(H2,24,25,29). The molecule has 1 atom stereocenters. The Bertz CT molecular complexity index is 1030. The van der Waals surface area contributed by atoms with Gasteiger partial charge < -0.3 is 19.8 Å². The lowest BCUT2D eigenvalue weighted by molar-refractivity contribution is 0.0280. The lowest BCUT2D eigenvalue weighted by atomic mass is 10.1. The number of nitrogens with one attached hydrogen (secondary N) is 2. The summed E-state index contributed by atoms with van der Waals surface area (Å²) in [4.78, 5) is 24.1. The van der Waals surface area contributed by atoms with Crippen LogP contribution in [0.4, 0.5) is 4.79 Å². The lowest BCUT2D eigenvalue weighted by Crippen LogP contribution is -2.39. The molecule has 1 heterocycles. The van der Waals surface area contributed by atoms with Crippen LogP contribution in [0, 0.1) is 6.92 Å². The van der Waals surface area contributed by atoms with Crippen LogP contribution >= 0.6 is 0 Å². The average molecular weight is 422 g/mol. The van der Waals surface area contributed by atoms with Gasteiger partial charge in [-0.2, -0.15) is 0 Å². The van der Waals surface area contributed by atoms with Crippen LogP contribution in [0.15, 0.2) is 52.9 Å². The maximum atomic E-state index is 12.4. The van der Waals surface area contributed by atoms with Crippen molar-refractivity contribution in [1.29, 1.82) is 0 Å². The van der Waals surface area contributed by atoms with E-state index in [1.54, 1.807) is 31.2 Å². The van der Waals surface area contributed by atoms with Crippen molar-refractivity contribution in [3.05, 3.63) is 71.1 Å². The fraction of sp³-hybridized carbons (Fsp3) is 0.304. The van der Waals surface area contributed by atoms with Crippen molar-refractivity contribution in [2.45, 2.75) is 46.4 Å². The normalized spacial score (nSPS) is 11.8. The molecule has 31 heavy (non-hydrogen) atoms. The van der Waals surface area contributed by atoms with Crippen LogP contribution in [0.25, 0.3) is 11.5 Å². The van der Waals surface area contributed by atoms with Gasteiger partial charge in [0, 0.05) is 18.2 Å². The fourth-order valence-corrected chi connectivity index (χ4v) is 2.74. The van der Waals surface area contributed by atoms with Crippen LogP contribution in [0.1, 0.15) is 54.3 Å². The Hall–Kier alpha value is -3.68. The van der Waals surface area contributed by atoms with Crippen LogP contribution in [0.3, 0.4) is 0 Å².